The lowest BCUT2D eigenvalue weighted by molar-refractivity contribution is 0.457. The maximum absolute atomic E-state index is 9.33. The van der Waals surface area contributed by atoms with Gasteiger partial charge in [-0.15, -0.1) is 0 Å². The molecule has 0 aliphatic heterocycles. The largest absolute Gasteiger partial charge is 0.438 e. The number of aromatic nitrogens is 1. The van der Waals surface area contributed by atoms with Crippen LogP contribution in [0.25, 0.3) is 6.08 Å². The molecular formula is C23H19N5O. The number of aryl methyl sites for hydroxylation is 1. The summed E-state index contributed by atoms with van der Waals surface area (Å²) in [5.74, 6) is 1.43. The lowest BCUT2D eigenvalue weighted by Gasteiger charge is -2.16. The first-order chi connectivity index (χ1) is 14.0. The molecule has 0 saturated heterocycles. The van der Waals surface area contributed by atoms with Crippen molar-refractivity contribution in [1.82, 2.24) is 4.98 Å². The van der Waals surface area contributed by atoms with Crippen LogP contribution in [0.1, 0.15) is 27.8 Å². The van der Waals surface area contributed by atoms with Crippen LogP contribution in [-0.2, 0) is 0 Å². The third-order valence-corrected chi connectivity index (χ3v) is 4.46. The van der Waals surface area contributed by atoms with Gasteiger partial charge in [0.2, 0.25) is 5.88 Å². The molecule has 0 amide bonds. The summed E-state index contributed by atoms with van der Waals surface area (Å²) in [6.07, 6.45) is 1.65. The number of nitrogens with two attached hydrogens (primary N) is 1. The monoisotopic (exact) mass is 381 g/mol. The molecule has 6 heteroatoms. The third kappa shape index (κ3) is 4.02. The first kappa shape index (κ1) is 19.5. The van der Waals surface area contributed by atoms with E-state index in [2.05, 4.69) is 29.0 Å². The van der Waals surface area contributed by atoms with E-state index in [1.807, 2.05) is 13.8 Å². The molecule has 1 heterocycles. The molecule has 142 valence electrons. The second-order valence-corrected chi connectivity index (χ2v) is 6.43. The van der Waals surface area contributed by atoms with Crippen molar-refractivity contribution in [3.05, 3.63) is 76.9 Å². The van der Waals surface area contributed by atoms with Gasteiger partial charge in [0.1, 0.15) is 5.75 Å². The second-order valence-electron chi connectivity index (χ2n) is 6.43. The molecule has 0 spiro atoms. The van der Waals surface area contributed by atoms with Crippen LogP contribution in [0.5, 0.6) is 11.6 Å². The van der Waals surface area contributed by atoms with Crippen LogP contribution < -0.4 is 15.8 Å². The molecule has 3 N–H and O–H groups in total. The minimum Gasteiger partial charge on any atom is -0.438 e. The SMILES string of the molecule is C=Cc1c(C#N)cc(C)c(Oc2ccc(N)c(Nc3ccc(C#N)cc3)n2)c1C. The van der Waals surface area contributed by atoms with E-state index in [-0.39, 0.29) is 0 Å². The first-order valence-electron chi connectivity index (χ1n) is 8.85. The van der Waals surface area contributed by atoms with Gasteiger partial charge >= 0.3 is 0 Å². The van der Waals surface area contributed by atoms with E-state index < -0.39 is 0 Å². The zero-order valence-corrected chi connectivity index (χ0v) is 16.2. The molecule has 0 atom stereocenters. The Bertz CT molecular complexity index is 1170. The molecule has 3 aromatic rings. The van der Waals surface area contributed by atoms with E-state index in [0.717, 1.165) is 22.4 Å². The number of ether oxygens (including phenoxy) is 1. The minimum atomic E-state index is 0.362. The van der Waals surface area contributed by atoms with E-state index in [1.54, 1.807) is 48.5 Å². The predicted octanol–water partition coefficient (Wildman–Crippen LogP) is 5.20. The first-order valence-corrected chi connectivity index (χ1v) is 8.85. The van der Waals surface area contributed by atoms with Gasteiger partial charge in [-0.1, -0.05) is 12.7 Å². The van der Waals surface area contributed by atoms with Gasteiger partial charge in [0.05, 0.1) is 29.0 Å². The number of nitrogen functional groups attached to an aromatic ring is 1. The maximum atomic E-state index is 9.33. The summed E-state index contributed by atoms with van der Waals surface area (Å²) in [6, 6.07) is 16.4. The van der Waals surface area contributed by atoms with Crippen molar-refractivity contribution in [3.63, 3.8) is 0 Å². The highest BCUT2D eigenvalue weighted by atomic mass is 16.5. The molecule has 1 aromatic heterocycles. The molecule has 0 aliphatic carbocycles. The van der Waals surface area contributed by atoms with Crippen molar-refractivity contribution in [2.24, 2.45) is 0 Å². The molecule has 0 saturated carbocycles. The minimum absolute atomic E-state index is 0.362. The smallest absolute Gasteiger partial charge is 0.221 e. The van der Waals surface area contributed by atoms with Gasteiger partial charge in [0, 0.05) is 17.3 Å². The predicted molar refractivity (Wildman–Crippen MR) is 114 cm³/mol. The Morgan fingerprint density at radius 2 is 1.83 bits per heavy atom. The zero-order valence-electron chi connectivity index (χ0n) is 16.2. The highest BCUT2D eigenvalue weighted by molar-refractivity contribution is 5.70. The van der Waals surface area contributed by atoms with Crippen LogP contribution in [0.15, 0.2) is 49.0 Å². The fourth-order valence-corrected chi connectivity index (χ4v) is 2.97. The Labute approximate surface area is 169 Å². The van der Waals surface area contributed by atoms with Gasteiger partial charge in [-0.2, -0.15) is 15.5 Å². The lowest BCUT2D eigenvalue weighted by Crippen LogP contribution is -2.02. The Balaban J connectivity index is 1.93. The number of benzene rings is 2. The summed E-state index contributed by atoms with van der Waals surface area (Å²) in [6.45, 7) is 7.55. The molecule has 3 rings (SSSR count). The summed E-state index contributed by atoms with van der Waals surface area (Å²) >= 11 is 0. The fourth-order valence-electron chi connectivity index (χ4n) is 2.97. The van der Waals surface area contributed by atoms with E-state index in [9.17, 15) is 5.26 Å². The van der Waals surface area contributed by atoms with Crippen molar-refractivity contribution in [2.45, 2.75) is 13.8 Å². The third-order valence-electron chi connectivity index (χ3n) is 4.46. The zero-order chi connectivity index (χ0) is 21.0. The van der Waals surface area contributed by atoms with Crippen LogP contribution >= 0.6 is 0 Å². The summed E-state index contributed by atoms with van der Waals surface area (Å²) in [5.41, 5.74) is 10.8. The van der Waals surface area contributed by atoms with E-state index in [4.69, 9.17) is 15.7 Å². The number of pyridine rings is 1. The summed E-state index contributed by atoms with van der Waals surface area (Å²) < 4.78 is 6.04. The number of hydrogen-bond acceptors (Lipinski definition) is 6. The number of hydrogen-bond donors (Lipinski definition) is 2. The van der Waals surface area contributed by atoms with E-state index in [0.29, 0.717) is 34.3 Å². The molecule has 6 nitrogen and oxygen atoms in total. The quantitative estimate of drug-likeness (QED) is 0.628. The fraction of sp³-hybridized carbons (Fsp3) is 0.0870. The van der Waals surface area contributed by atoms with E-state index in [1.165, 1.54) is 0 Å². The number of nitriles is 2. The van der Waals surface area contributed by atoms with E-state index >= 15 is 0 Å². The highest BCUT2D eigenvalue weighted by Crippen LogP contribution is 2.34. The molecule has 29 heavy (non-hydrogen) atoms. The average molecular weight is 381 g/mol. The Morgan fingerprint density at radius 3 is 2.45 bits per heavy atom. The summed E-state index contributed by atoms with van der Waals surface area (Å²) in [7, 11) is 0. The average Bonchev–Trinajstić information content (AvgIpc) is 2.73. The molecule has 0 fully saturated rings. The number of nitrogens with zero attached hydrogens (tertiary/aromatic N) is 3. The molecule has 0 unspecified atom stereocenters. The van der Waals surface area contributed by atoms with Gasteiger partial charge in [0.25, 0.3) is 0 Å². The maximum Gasteiger partial charge on any atom is 0.221 e. The Kier molecular flexibility index (Phi) is 5.48. The molecule has 0 radical (unpaired) electrons. The van der Waals surface area contributed by atoms with Crippen LogP contribution in [-0.4, -0.2) is 4.98 Å². The van der Waals surface area contributed by atoms with Crippen LogP contribution in [0, 0.1) is 36.5 Å². The van der Waals surface area contributed by atoms with Crippen molar-refractivity contribution in [1.29, 1.82) is 10.5 Å². The Hall–Kier alpha value is -4.29. The van der Waals surface area contributed by atoms with Crippen LogP contribution in [0.3, 0.4) is 0 Å². The number of nitrogens with one attached hydrogen (secondary N) is 1. The van der Waals surface area contributed by atoms with Gasteiger partial charge in [-0.25, -0.2) is 0 Å². The summed E-state index contributed by atoms with van der Waals surface area (Å²) in [4.78, 5) is 4.47. The van der Waals surface area contributed by atoms with Gasteiger partial charge in [0.15, 0.2) is 5.82 Å². The molecular weight excluding hydrogens is 362 g/mol. The number of rotatable bonds is 5. The van der Waals surface area contributed by atoms with Crippen molar-refractivity contribution < 1.29 is 4.74 Å². The highest BCUT2D eigenvalue weighted by Gasteiger charge is 2.14. The normalized spacial score (nSPS) is 9.93. The standard InChI is InChI=1S/C23H19N5O/c1-4-19-15(3)22(14(2)11-17(19)13-25)29-21-10-9-20(26)23(28-21)27-18-7-5-16(12-24)6-8-18/h4-11H,1,26H2,2-3H3,(H,27,28). The van der Waals surface area contributed by atoms with Gasteiger partial charge < -0.3 is 15.8 Å². The topological polar surface area (TPSA) is 108 Å². The van der Waals surface area contributed by atoms with Crippen molar-refractivity contribution in [2.75, 3.05) is 11.1 Å². The van der Waals surface area contributed by atoms with Crippen molar-refractivity contribution in [3.8, 4) is 23.8 Å². The second kappa shape index (κ2) is 8.16. The molecule has 2 aromatic carbocycles. The molecule has 0 bridgehead atoms. The van der Waals surface area contributed by atoms with Gasteiger partial charge in [-0.05, 0) is 61.4 Å². The van der Waals surface area contributed by atoms with Crippen molar-refractivity contribution >= 4 is 23.3 Å². The number of anilines is 3. The lowest BCUT2D eigenvalue weighted by atomic mass is 9.98. The van der Waals surface area contributed by atoms with Crippen LogP contribution in [0.4, 0.5) is 17.2 Å². The Morgan fingerprint density at radius 1 is 1.10 bits per heavy atom. The van der Waals surface area contributed by atoms with Gasteiger partial charge in [-0.3, -0.25) is 0 Å². The molecule has 0 aliphatic rings. The summed E-state index contributed by atoms with van der Waals surface area (Å²) in [5, 5.41) is 21.4. The van der Waals surface area contributed by atoms with Crippen LogP contribution in [0.2, 0.25) is 0 Å².